The van der Waals surface area contributed by atoms with E-state index in [-0.39, 0.29) is 30.3 Å². The molecule has 1 aromatic heterocycles. The van der Waals surface area contributed by atoms with Gasteiger partial charge in [-0.1, -0.05) is 11.6 Å². The Morgan fingerprint density at radius 2 is 2.39 bits per heavy atom. The summed E-state index contributed by atoms with van der Waals surface area (Å²) in [5.74, 6) is -0.487. The standard InChI is InChI=1S/C12H13ClN2O3/c1-7-4-8(12(17)18-7)5-11(16)15-10-3-2-9(13)6-14-10/h2-3,6-8H,4-5H2,1H3,(H,14,15,16)/t7-,8+/m0/s1. The number of nitrogens with zero attached hydrogens (tertiary/aromatic N) is 1. The van der Waals surface area contributed by atoms with Crippen molar-refractivity contribution >= 4 is 29.3 Å². The Morgan fingerprint density at radius 3 is 2.94 bits per heavy atom. The van der Waals surface area contributed by atoms with Gasteiger partial charge in [0.25, 0.3) is 0 Å². The number of aromatic nitrogens is 1. The zero-order valence-electron chi connectivity index (χ0n) is 9.85. The first-order valence-corrected chi connectivity index (χ1v) is 6.04. The fourth-order valence-electron chi connectivity index (χ4n) is 1.87. The minimum absolute atomic E-state index is 0.107. The zero-order valence-corrected chi connectivity index (χ0v) is 10.6. The molecule has 1 fully saturated rings. The highest BCUT2D eigenvalue weighted by molar-refractivity contribution is 6.30. The van der Waals surface area contributed by atoms with Crippen LogP contribution in [0.3, 0.4) is 0 Å². The molecule has 2 rings (SSSR count). The second-order valence-electron chi connectivity index (χ2n) is 4.29. The van der Waals surface area contributed by atoms with Crippen molar-refractivity contribution in [2.24, 2.45) is 5.92 Å². The molecule has 2 atom stereocenters. The van der Waals surface area contributed by atoms with Gasteiger partial charge in [-0.2, -0.15) is 0 Å². The van der Waals surface area contributed by atoms with Gasteiger partial charge >= 0.3 is 5.97 Å². The van der Waals surface area contributed by atoms with E-state index in [0.717, 1.165) is 0 Å². The number of rotatable bonds is 3. The lowest BCUT2D eigenvalue weighted by Crippen LogP contribution is -2.19. The molecule has 1 aliphatic rings. The highest BCUT2D eigenvalue weighted by Crippen LogP contribution is 2.24. The summed E-state index contributed by atoms with van der Waals surface area (Å²) >= 11 is 5.68. The Labute approximate surface area is 109 Å². The number of carbonyl (C=O) groups excluding carboxylic acids is 2. The minimum atomic E-state index is -0.354. The second kappa shape index (κ2) is 5.35. The number of ether oxygens (including phenoxy) is 1. The summed E-state index contributed by atoms with van der Waals surface area (Å²) in [6.07, 6.45) is 2.04. The molecule has 1 saturated heterocycles. The molecule has 0 radical (unpaired) electrons. The fraction of sp³-hybridized carbons (Fsp3) is 0.417. The van der Waals surface area contributed by atoms with Crippen LogP contribution in [-0.4, -0.2) is 23.0 Å². The van der Waals surface area contributed by atoms with E-state index in [1.54, 1.807) is 12.1 Å². The van der Waals surface area contributed by atoms with Gasteiger partial charge < -0.3 is 10.1 Å². The molecule has 5 nitrogen and oxygen atoms in total. The van der Waals surface area contributed by atoms with Crippen molar-refractivity contribution in [2.75, 3.05) is 5.32 Å². The first-order valence-electron chi connectivity index (χ1n) is 5.66. The number of cyclic esters (lactones) is 1. The van der Waals surface area contributed by atoms with Gasteiger partial charge in [-0.25, -0.2) is 4.98 Å². The summed E-state index contributed by atoms with van der Waals surface area (Å²) in [4.78, 5) is 27.0. The molecule has 0 unspecified atom stereocenters. The van der Waals surface area contributed by atoms with Gasteiger partial charge in [0.15, 0.2) is 0 Å². The maximum atomic E-state index is 11.7. The molecule has 18 heavy (non-hydrogen) atoms. The average molecular weight is 269 g/mol. The van der Waals surface area contributed by atoms with Crippen LogP contribution in [0.2, 0.25) is 5.02 Å². The number of nitrogens with one attached hydrogen (secondary N) is 1. The Hall–Kier alpha value is -1.62. The molecule has 6 heteroatoms. The van der Waals surface area contributed by atoms with Gasteiger partial charge in [0, 0.05) is 12.6 Å². The molecule has 1 amide bonds. The van der Waals surface area contributed by atoms with Crippen LogP contribution in [0.5, 0.6) is 0 Å². The highest BCUT2D eigenvalue weighted by atomic mass is 35.5. The lowest BCUT2D eigenvalue weighted by molar-refractivity contribution is -0.144. The zero-order chi connectivity index (χ0) is 13.1. The Morgan fingerprint density at radius 1 is 1.61 bits per heavy atom. The minimum Gasteiger partial charge on any atom is -0.462 e. The number of carbonyl (C=O) groups is 2. The molecule has 0 bridgehead atoms. The molecule has 0 aliphatic carbocycles. The monoisotopic (exact) mass is 268 g/mol. The van der Waals surface area contributed by atoms with Crippen LogP contribution in [-0.2, 0) is 14.3 Å². The number of halogens is 1. The van der Waals surface area contributed by atoms with Crippen molar-refractivity contribution in [3.63, 3.8) is 0 Å². The van der Waals surface area contributed by atoms with Crippen LogP contribution >= 0.6 is 11.6 Å². The molecular formula is C12H13ClN2O3. The SMILES string of the molecule is C[C@H]1C[C@H](CC(=O)Nc2ccc(Cl)cn2)C(=O)O1. The number of esters is 1. The van der Waals surface area contributed by atoms with E-state index in [1.165, 1.54) is 6.20 Å². The molecule has 1 aromatic rings. The third-order valence-electron chi connectivity index (χ3n) is 2.69. The van der Waals surface area contributed by atoms with E-state index in [4.69, 9.17) is 16.3 Å². The summed E-state index contributed by atoms with van der Waals surface area (Å²) in [6, 6.07) is 3.24. The van der Waals surface area contributed by atoms with Gasteiger partial charge in [0.05, 0.1) is 17.0 Å². The lowest BCUT2D eigenvalue weighted by atomic mass is 10.0. The Balaban J connectivity index is 1.89. The first-order chi connectivity index (χ1) is 8.54. The van der Waals surface area contributed by atoms with Gasteiger partial charge in [-0.3, -0.25) is 9.59 Å². The number of hydrogen-bond acceptors (Lipinski definition) is 4. The normalized spacial score (nSPS) is 22.7. The van der Waals surface area contributed by atoms with E-state index >= 15 is 0 Å². The molecule has 96 valence electrons. The van der Waals surface area contributed by atoms with E-state index in [1.807, 2.05) is 6.92 Å². The van der Waals surface area contributed by atoms with Crippen molar-refractivity contribution < 1.29 is 14.3 Å². The molecular weight excluding hydrogens is 256 g/mol. The van der Waals surface area contributed by atoms with Gasteiger partial charge in [0.2, 0.25) is 5.91 Å². The number of pyridine rings is 1. The van der Waals surface area contributed by atoms with Crippen LogP contribution in [0.4, 0.5) is 5.82 Å². The Bertz CT molecular complexity index is 461. The summed E-state index contributed by atoms with van der Waals surface area (Å²) in [6.45, 7) is 1.82. The predicted molar refractivity (Wildman–Crippen MR) is 66.2 cm³/mol. The summed E-state index contributed by atoms with van der Waals surface area (Å²) < 4.78 is 4.99. The fourth-order valence-corrected chi connectivity index (χ4v) is 1.99. The van der Waals surface area contributed by atoms with Gasteiger partial charge in [0.1, 0.15) is 5.82 Å². The summed E-state index contributed by atoms with van der Waals surface area (Å²) in [5, 5.41) is 3.12. The smallest absolute Gasteiger partial charge is 0.309 e. The van der Waals surface area contributed by atoms with Crippen LogP contribution < -0.4 is 5.32 Å². The first kappa shape index (κ1) is 12.8. The van der Waals surface area contributed by atoms with E-state index in [0.29, 0.717) is 17.3 Å². The molecule has 1 aliphatic heterocycles. The van der Waals surface area contributed by atoms with Crippen LogP contribution in [0.1, 0.15) is 19.8 Å². The summed E-state index contributed by atoms with van der Waals surface area (Å²) in [5.41, 5.74) is 0. The number of amides is 1. The van der Waals surface area contributed by atoms with E-state index in [2.05, 4.69) is 10.3 Å². The second-order valence-corrected chi connectivity index (χ2v) is 4.73. The van der Waals surface area contributed by atoms with Crippen LogP contribution in [0.15, 0.2) is 18.3 Å². The maximum absolute atomic E-state index is 11.7. The van der Waals surface area contributed by atoms with Crippen LogP contribution in [0, 0.1) is 5.92 Å². The topological polar surface area (TPSA) is 68.3 Å². The van der Waals surface area contributed by atoms with Crippen molar-refractivity contribution in [2.45, 2.75) is 25.9 Å². The van der Waals surface area contributed by atoms with Crippen molar-refractivity contribution in [1.82, 2.24) is 4.98 Å². The summed E-state index contributed by atoms with van der Waals surface area (Å²) in [7, 11) is 0. The van der Waals surface area contributed by atoms with Crippen molar-refractivity contribution in [1.29, 1.82) is 0 Å². The quantitative estimate of drug-likeness (QED) is 0.852. The van der Waals surface area contributed by atoms with E-state index in [9.17, 15) is 9.59 Å². The highest BCUT2D eigenvalue weighted by Gasteiger charge is 2.33. The third kappa shape index (κ3) is 3.20. The molecule has 1 N–H and O–H groups in total. The van der Waals surface area contributed by atoms with Gasteiger partial charge in [-0.05, 0) is 25.5 Å². The van der Waals surface area contributed by atoms with E-state index < -0.39 is 0 Å². The van der Waals surface area contributed by atoms with Crippen LogP contribution in [0.25, 0.3) is 0 Å². The largest absolute Gasteiger partial charge is 0.462 e. The molecule has 0 spiro atoms. The third-order valence-corrected chi connectivity index (χ3v) is 2.92. The predicted octanol–water partition coefficient (Wildman–Crippen LogP) is 2.02. The molecule has 0 aromatic carbocycles. The lowest BCUT2D eigenvalue weighted by Gasteiger charge is -2.06. The molecule has 0 saturated carbocycles. The number of hydrogen-bond donors (Lipinski definition) is 1. The van der Waals surface area contributed by atoms with Crippen molar-refractivity contribution in [3.05, 3.63) is 23.4 Å². The average Bonchev–Trinajstić information content (AvgIpc) is 2.61. The van der Waals surface area contributed by atoms with Crippen molar-refractivity contribution in [3.8, 4) is 0 Å². The molecule has 2 heterocycles. The maximum Gasteiger partial charge on any atom is 0.309 e. The number of anilines is 1. The Kier molecular flexibility index (Phi) is 3.81. The van der Waals surface area contributed by atoms with Gasteiger partial charge in [-0.15, -0.1) is 0 Å².